The Kier molecular flexibility index (Phi) is 3.33. The van der Waals surface area contributed by atoms with E-state index in [0.29, 0.717) is 5.92 Å². The molecule has 1 aliphatic carbocycles. The zero-order valence-corrected chi connectivity index (χ0v) is 10.2. The first kappa shape index (κ1) is 11.6. The van der Waals surface area contributed by atoms with Gasteiger partial charge in [-0.05, 0) is 42.7 Å². The van der Waals surface area contributed by atoms with Crippen molar-refractivity contribution in [3.8, 4) is 0 Å². The topological polar surface area (TPSA) is 40.5 Å². The van der Waals surface area contributed by atoms with Gasteiger partial charge in [0.25, 0.3) is 0 Å². The van der Waals surface area contributed by atoms with Crippen LogP contribution in [-0.4, -0.2) is 35.1 Å². The number of carbonyl (C=O) groups is 1. The van der Waals surface area contributed by atoms with E-state index in [-0.39, 0.29) is 18.6 Å². The molecule has 1 N–H and O–H groups in total. The quantitative estimate of drug-likeness (QED) is 0.688. The Morgan fingerprint density at radius 2 is 2.31 bits per heavy atom. The van der Waals surface area contributed by atoms with Gasteiger partial charge in [0, 0.05) is 13.5 Å². The van der Waals surface area contributed by atoms with Crippen LogP contribution in [0.2, 0.25) is 0 Å². The van der Waals surface area contributed by atoms with Crippen LogP contribution < -0.4 is 0 Å². The minimum absolute atomic E-state index is 0.169. The van der Waals surface area contributed by atoms with Gasteiger partial charge in [-0.25, -0.2) is 0 Å². The van der Waals surface area contributed by atoms with Gasteiger partial charge in [-0.15, -0.1) is 0 Å². The van der Waals surface area contributed by atoms with E-state index in [0.717, 1.165) is 32.2 Å². The molecule has 0 unspecified atom stereocenters. The van der Waals surface area contributed by atoms with Gasteiger partial charge in [-0.3, -0.25) is 4.79 Å². The predicted octanol–water partition coefficient (Wildman–Crippen LogP) is 1.72. The maximum Gasteiger partial charge on any atom is 0.219 e. The van der Waals surface area contributed by atoms with Crippen LogP contribution in [0.5, 0.6) is 0 Å². The van der Waals surface area contributed by atoms with E-state index in [4.69, 9.17) is 0 Å². The summed E-state index contributed by atoms with van der Waals surface area (Å²) in [6.07, 6.45) is 4.19. The summed E-state index contributed by atoms with van der Waals surface area (Å²) in [6, 6.07) is 0.275. The molecule has 0 bridgehead atoms. The molecule has 0 aromatic heterocycles. The Balaban J connectivity index is 2.30. The maximum absolute atomic E-state index is 11.6. The molecular weight excluding hydrogens is 202 g/mol. The van der Waals surface area contributed by atoms with Gasteiger partial charge in [0.05, 0.1) is 12.6 Å². The highest BCUT2D eigenvalue weighted by Crippen LogP contribution is 2.37. The van der Waals surface area contributed by atoms with Crippen LogP contribution in [0.4, 0.5) is 0 Å². The van der Waals surface area contributed by atoms with E-state index in [2.05, 4.69) is 6.92 Å². The molecule has 1 heterocycles. The number of nitrogens with zero attached hydrogens (tertiary/aromatic N) is 1. The van der Waals surface area contributed by atoms with Crippen molar-refractivity contribution < 1.29 is 9.90 Å². The number of rotatable bonds is 1. The number of fused-ring (bicyclic) bond motifs is 1. The summed E-state index contributed by atoms with van der Waals surface area (Å²) in [6.45, 7) is 4.91. The monoisotopic (exact) mass is 223 g/mol. The number of amides is 1. The lowest BCUT2D eigenvalue weighted by atomic mass is 9.77. The molecule has 90 valence electrons. The number of hydrogen-bond acceptors (Lipinski definition) is 2. The van der Waals surface area contributed by atoms with Gasteiger partial charge >= 0.3 is 0 Å². The van der Waals surface area contributed by atoms with E-state index in [1.165, 1.54) is 11.1 Å². The molecule has 1 fully saturated rings. The number of hydrogen-bond donors (Lipinski definition) is 1. The Bertz CT molecular complexity index is 322. The van der Waals surface area contributed by atoms with Crippen LogP contribution in [0, 0.1) is 5.92 Å². The molecule has 3 nitrogen and oxygen atoms in total. The fourth-order valence-corrected chi connectivity index (χ4v) is 3.19. The van der Waals surface area contributed by atoms with Crippen LogP contribution in [0.1, 0.15) is 39.5 Å². The molecule has 3 heteroatoms. The van der Waals surface area contributed by atoms with E-state index in [1.54, 1.807) is 6.92 Å². The fourth-order valence-electron chi connectivity index (χ4n) is 3.19. The van der Waals surface area contributed by atoms with Crippen molar-refractivity contribution in [3.05, 3.63) is 11.1 Å². The smallest absolute Gasteiger partial charge is 0.219 e. The predicted molar refractivity (Wildman–Crippen MR) is 62.9 cm³/mol. The molecule has 1 aliphatic heterocycles. The molecule has 2 atom stereocenters. The molecule has 2 aliphatic rings. The molecule has 0 radical (unpaired) electrons. The number of carbonyl (C=O) groups excluding carboxylic acids is 1. The highest BCUT2D eigenvalue weighted by Gasteiger charge is 2.34. The molecule has 0 aromatic rings. The Morgan fingerprint density at radius 1 is 1.56 bits per heavy atom. The molecular formula is C13H21NO2. The summed E-state index contributed by atoms with van der Waals surface area (Å²) >= 11 is 0. The molecule has 1 amide bonds. The summed E-state index contributed by atoms with van der Waals surface area (Å²) < 4.78 is 0. The van der Waals surface area contributed by atoms with Crippen molar-refractivity contribution in [2.45, 2.75) is 45.6 Å². The molecule has 16 heavy (non-hydrogen) atoms. The summed E-state index contributed by atoms with van der Waals surface area (Å²) in [4.78, 5) is 13.6. The largest absolute Gasteiger partial charge is 0.392 e. The summed E-state index contributed by atoms with van der Waals surface area (Å²) in [5.74, 6) is 0.754. The normalized spacial score (nSPS) is 30.3. The van der Waals surface area contributed by atoms with Gasteiger partial charge in [-0.1, -0.05) is 6.92 Å². The third kappa shape index (κ3) is 2.01. The lowest BCUT2D eigenvalue weighted by Crippen LogP contribution is -2.46. The van der Waals surface area contributed by atoms with Crippen molar-refractivity contribution in [2.75, 3.05) is 13.2 Å². The van der Waals surface area contributed by atoms with Crippen molar-refractivity contribution in [1.29, 1.82) is 0 Å². The number of piperidine rings is 1. The van der Waals surface area contributed by atoms with Gasteiger partial charge in [-0.2, -0.15) is 0 Å². The first-order valence-electron chi connectivity index (χ1n) is 6.22. The zero-order valence-electron chi connectivity index (χ0n) is 10.2. The van der Waals surface area contributed by atoms with Crippen molar-refractivity contribution in [2.24, 2.45) is 5.92 Å². The maximum atomic E-state index is 11.6. The van der Waals surface area contributed by atoms with E-state index in [9.17, 15) is 9.90 Å². The Labute approximate surface area is 97.1 Å². The highest BCUT2D eigenvalue weighted by molar-refractivity contribution is 5.74. The standard InChI is InChI=1S/C13H21NO2/c1-9-6-11(8-15)12-4-3-5-14(10(2)16)13(12)7-9/h9,13,15H,3-8H2,1-2H3/t9-,13-/m1/s1. The van der Waals surface area contributed by atoms with Crippen LogP contribution in [-0.2, 0) is 4.79 Å². The summed E-state index contributed by atoms with van der Waals surface area (Å²) in [5, 5.41) is 9.41. The van der Waals surface area contributed by atoms with Gasteiger partial charge in [0.1, 0.15) is 0 Å². The van der Waals surface area contributed by atoms with Crippen LogP contribution >= 0.6 is 0 Å². The Hall–Kier alpha value is -0.830. The van der Waals surface area contributed by atoms with Gasteiger partial charge in [0.2, 0.25) is 5.91 Å². The van der Waals surface area contributed by atoms with E-state index < -0.39 is 0 Å². The highest BCUT2D eigenvalue weighted by atomic mass is 16.3. The molecule has 0 spiro atoms. The van der Waals surface area contributed by atoms with Crippen molar-refractivity contribution in [3.63, 3.8) is 0 Å². The molecule has 2 rings (SSSR count). The third-order valence-corrected chi connectivity index (χ3v) is 3.89. The number of likely N-dealkylation sites (tertiary alicyclic amines) is 1. The zero-order chi connectivity index (χ0) is 11.7. The second kappa shape index (κ2) is 4.58. The van der Waals surface area contributed by atoms with Crippen LogP contribution in [0.3, 0.4) is 0 Å². The third-order valence-electron chi connectivity index (χ3n) is 3.89. The van der Waals surface area contributed by atoms with Gasteiger partial charge in [0.15, 0.2) is 0 Å². The lowest BCUT2D eigenvalue weighted by Gasteiger charge is -2.42. The summed E-state index contributed by atoms with van der Waals surface area (Å²) in [7, 11) is 0. The second-order valence-electron chi connectivity index (χ2n) is 5.16. The van der Waals surface area contributed by atoms with E-state index in [1.807, 2.05) is 4.90 Å². The fraction of sp³-hybridized carbons (Fsp3) is 0.769. The molecule has 1 saturated heterocycles. The number of aliphatic hydroxyl groups is 1. The average Bonchev–Trinajstić information content (AvgIpc) is 2.26. The average molecular weight is 223 g/mol. The van der Waals surface area contributed by atoms with E-state index >= 15 is 0 Å². The van der Waals surface area contributed by atoms with Crippen molar-refractivity contribution >= 4 is 5.91 Å². The van der Waals surface area contributed by atoms with Crippen LogP contribution in [0.15, 0.2) is 11.1 Å². The van der Waals surface area contributed by atoms with Gasteiger partial charge < -0.3 is 10.0 Å². The van der Waals surface area contributed by atoms with Crippen LogP contribution in [0.25, 0.3) is 0 Å². The minimum Gasteiger partial charge on any atom is -0.392 e. The minimum atomic E-state index is 0.169. The SMILES string of the molecule is CC(=O)N1CCCC2=C(CO)C[C@@H](C)C[C@H]21. The first-order valence-corrected chi connectivity index (χ1v) is 6.22. The number of aliphatic hydroxyl groups excluding tert-OH is 1. The second-order valence-corrected chi connectivity index (χ2v) is 5.16. The molecule has 0 saturated carbocycles. The Morgan fingerprint density at radius 3 is 2.94 bits per heavy atom. The lowest BCUT2D eigenvalue weighted by molar-refractivity contribution is -0.131. The summed E-state index contributed by atoms with van der Waals surface area (Å²) in [5.41, 5.74) is 2.54. The first-order chi connectivity index (χ1) is 7.63. The molecule has 0 aromatic carbocycles. The van der Waals surface area contributed by atoms with Crippen molar-refractivity contribution in [1.82, 2.24) is 4.90 Å².